The standard InChI is InChI=1S/C17H21N5OS/c1-2-9-21(14(5-1)7-11-22-10-4-8-18-22)13-16-19-17(20-23-16)15-6-3-12-24-15/h3-4,6,8,10,12,14H,1-2,5,7,9,11,13H2. The summed E-state index contributed by atoms with van der Waals surface area (Å²) in [5, 5.41) is 10.4. The second kappa shape index (κ2) is 7.27. The number of rotatable bonds is 6. The molecule has 4 rings (SSSR count). The van der Waals surface area contributed by atoms with Gasteiger partial charge >= 0.3 is 0 Å². The van der Waals surface area contributed by atoms with Crippen LogP contribution in [0.2, 0.25) is 0 Å². The van der Waals surface area contributed by atoms with Crippen LogP contribution in [0.15, 0.2) is 40.5 Å². The molecule has 0 saturated carbocycles. The summed E-state index contributed by atoms with van der Waals surface area (Å²) in [6.45, 7) is 2.79. The van der Waals surface area contributed by atoms with Gasteiger partial charge in [0.2, 0.25) is 11.7 Å². The Hall–Kier alpha value is -1.99. The molecule has 1 atom stereocenters. The van der Waals surface area contributed by atoms with Crippen molar-refractivity contribution in [3.8, 4) is 10.7 Å². The van der Waals surface area contributed by atoms with Gasteiger partial charge in [-0.3, -0.25) is 9.58 Å². The summed E-state index contributed by atoms with van der Waals surface area (Å²) in [5.41, 5.74) is 0. The van der Waals surface area contributed by atoms with Crippen LogP contribution in [-0.4, -0.2) is 37.4 Å². The van der Waals surface area contributed by atoms with Crippen molar-refractivity contribution in [3.63, 3.8) is 0 Å². The molecule has 1 aliphatic heterocycles. The molecule has 24 heavy (non-hydrogen) atoms. The Labute approximate surface area is 145 Å². The molecule has 3 aromatic rings. The first kappa shape index (κ1) is 15.5. The van der Waals surface area contributed by atoms with Crippen LogP contribution in [-0.2, 0) is 13.1 Å². The van der Waals surface area contributed by atoms with Crippen molar-refractivity contribution in [2.45, 2.75) is 44.8 Å². The lowest BCUT2D eigenvalue weighted by molar-refractivity contribution is 0.113. The van der Waals surface area contributed by atoms with Crippen LogP contribution in [0.3, 0.4) is 0 Å². The summed E-state index contributed by atoms with van der Waals surface area (Å²) < 4.78 is 7.48. The van der Waals surface area contributed by atoms with Crippen molar-refractivity contribution in [2.75, 3.05) is 6.54 Å². The molecular weight excluding hydrogens is 322 g/mol. The average molecular weight is 343 g/mol. The van der Waals surface area contributed by atoms with Gasteiger partial charge in [0.15, 0.2) is 0 Å². The van der Waals surface area contributed by atoms with Gasteiger partial charge in [-0.25, -0.2) is 0 Å². The Balaban J connectivity index is 1.39. The number of hydrogen-bond donors (Lipinski definition) is 0. The summed E-state index contributed by atoms with van der Waals surface area (Å²) in [4.78, 5) is 8.10. The molecule has 0 radical (unpaired) electrons. The zero-order valence-corrected chi connectivity index (χ0v) is 14.4. The topological polar surface area (TPSA) is 60.0 Å². The molecule has 6 nitrogen and oxygen atoms in total. The van der Waals surface area contributed by atoms with E-state index in [1.165, 1.54) is 19.3 Å². The minimum atomic E-state index is 0.556. The molecular formula is C17H21N5OS. The van der Waals surface area contributed by atoms with Gasteiger partial charge in [0.05, 0.1) is 11.4 Å². The van der Waals surface area contributed by atoms with E-state index in [-0.39, 0.29) is 0 Å². The molecule has 0 N–H and O–H groups in total. The van der Waals surface area contributed by atoms with E-state index in [4.69, 9.17) is 4.52 Å². The molecule has 126 valence electrons. The largest absolute Gasteiger partial charge is 0.338 e. The maximum atomic E-state index is 5.48. The molecule has 4 heterocycles. The predicted molar refractivity (Wildman–Crippen MR) is 92.5 cm³/mol. The summed E-state index contributed by atoms with van der Waals surface area (Å²) in [7, 11) is 0. The van der Waals surface area contributed by atoms with Gasteiger partial charge in [-0.05, 0) is 43.3 Å². The first-order chi connectivity index (χ1) is 11.9. The zero-order chi connectivity index (χ0) is 16.2. The number of hydrogen-bond acceptors (Lipinski definition) is 6. The van der Waals surface area contributed by atoms with E-state index in [0.717, 1.165) is 30.9 Å². The number of aromatic nitrogens is 4. The molecule has 0 spiro atoms. The smallest absolute Gasteiger partial charge is 0.241 e. The van der Waals surface area contributed by atoms with Gasteiger partial charge < -0.3 is 4.52 Å². The molecule has 0 amide bonds. The van der Waals surface area contributed by atoms with E-state index in [0.29, 0.717) is 17.8 Å². The number of thiophene rings is 1. The molecule has 1 unspecified atom stereocenters. The normalized spacial score (nSPS) is 18.9. The minimum Gasteiger partial charge on any atom is -0.338 e. The van der Waals surface area contributed by atoms with Crippen LogP contribution in [0.4, 0.5) is 0 Å². The average Bonchev–Trinajstić information content (AvgIpc) is 3.36. The number of piperidine rings is 1. The van der Waals surface area contributed by atoms with E-state index in [1.54, 1.807) is 11.3 Å². The Bertz CT molecular complexity index is 737. The van der Waals surface area contributed by atoms with Gasteiger partial charge in [-0.15, -0.1) is 11.3 Å². The number of aryl methyl sites for hydroxylation is 1. The first-order valence-electron chi connectivity index (χ1n) is 8.46. The van der Waals surface area contributed by atoms with E-state index < -0.39 is 0 Å². The van der Waals surface area contributed by atoms with Crippen molar-refractivity contribution >= 4 is 11.3 Å². The van der Waals surface area contributed by atoms with E-state index >= 15 is 0 Å². The van der Waals surface area contributed by atoms with Gasteiger partial charge in [0.1, 0.15) is 0 Å². The van der Waals surface area contributed by atoms with Gasteiger partial charge in [0, 0.05) is 25.0 Å². The molecule has 0 bridgehead atoms. The van der Waals surface area contributed by atoms with Crippen molar-refractivity contribution in [1.29, 1.82) is 0 Å². The Morgan fingerprint density at radius 2 is 2.29 bits per heavy atom. The van der Waals surface area contributed by atoms with Crippen molar-refractivity contribution < 1.29 is 4.52 Å². The maximum Gasteiger partial charge on any atom is 0.241 e. The lowest BCUT2D eigenvalue weighted by Gasteiger charge is -2.34. The summed E-state index contributed by atoms with van der Waals surface area (Å²) in [6.07, 6.45) is 8.73. The highest BCUT2D eigenvalue weighted by Crippen LogP contribution is 2.24. The van der Waals surface area contributed by atoms with Crippen LogP contribution in [0.25, 0.3) is 10.7 Å². The van der Waals surface area contributed by atoms with E-state index in [1.807, 2.05) is 40.7 Å². The monoisotopic (exact) mass is 343 g/mol. The second-order valence-corrected chi connectivity index (χ2v) is 7.11. The fourth-order valence-electron chi connectivity index (χ4n) is 3.31. The van der Waals surface area contributed by atoms with Gasteiger partial charge in [-0.2, -0.15) is 10.1 Å². The maximum absolute atomic E-state index is 5.48. The predicted octanol–water partition coefficient (Wildman–Crippen LogP) is 3.44. The van der Waals surface area contributed by atoms with Gasteiger partial charge in [-0.1, -0.05) is 17.6 Å². The SMILES string of the molecule is c1csc(-c2noc(CN3CCCCC3CCn3cccn3)n2)c1. The van der Waals surface area contributed by atoms with Crippen molar-refractivity contribution in [1.82, 2.24) is 24.8 Å². The van der Waals surface area contributed by atoms with Crippen LogP contribution in [0, 0.1) is 0 Å². The van der Waals surface area contributed by atoms with E-state index in [2.05, 4.69) is 20.1 Å². The van der Waals surface area contributed by atoms with Crippen LogP contribution in [0.1, 0.15) is 31.6 Å². The highest BCUT2D eigenvalue weighted by molar-refractivity contribution is 7.13. The van der Waals surface area contributed by atoms with Crippen LogP contribution in [0.5, 0.6) is 0 Å². The quantitative estimate of drug-likeness (QED) is 0.686. The third-order valence-electron chi connectivity index (χ3n) is 4.55. The fourth-order valence-corrected chi connectivity index (χ4v) is 3.96. The summed E-state index contributed by atoms with van der Waals surface area (Å²) in [5.74, 6) is 1.41. The Morgan fingerprint density at radius 3 is 3.12 bits per heavy atom. The van der Waals surface area contributed by atoms with Gasteiger partial charge in [0.25, 0.3) is 0 Å². The number of nitrogens with zero attached hydrogens (tertiary/aromatic N) is 5. The molecule has 1 aliphatic rings. The highest BCUT2D eigenvalue weighted by Gasteiger charge is 2.24. The van der Waals surface area contributed by atoms with Crippen LogP contribution < -0.4 is 0 Å². The van der Waals surface area contributed by atoms with Crippen molar-refractivity contribution in [2.24, 2.45) is 0 Å². The summed E-state index contributed by atoms with van der Waals surface area (Å²) >= 11 is 1.63. The summed E-state index contributed by atoms with van der Waals surface area (Å²) in [6, 6.07) is 6.56. The fraction of sp³-hybridized carbons (Fsp3) is 0.471. The molecule has 3 aromatic heterocycles. The Morgan fingerprint density at radius 1 is 1.29 bits per heavy atom. The molecule has 1 fully saturated rings. The third-order valence-corrected chi connectivity index (χ3v) is 5.41. The second-order valence-electron chi connectivity index (χ2n) is 6.17. The third kappa shape index (κ3) is 3.57. The van der Waals surface area contributed by atoms with Crippen molar-refractivity contribution in [3.05, 3.63) is 41.9 Å². The first-order valence-corrected chi connectivity index (χ1v) is 9.34. The molecule has 0 aliphatic carbocycles. The minimum absolute atomic E-state index is 0.556. The molecule has 7 heteroatoms. The van der Waals surface area contributed by atoms with Crippen LogP contribution >= 0.6 is 11.3 Å². The Kier molecular flexibility index (Phi) is 4.71. The highest BCUT2D eigenvalue weighted by atomic mass is 32.1. The molecule has 0 aromatic carbocycles. The zero-order valence-electron chi connectivity index (χ0n) is 13.5. The lowest BCUT2D eigenvalue weighted by atomic mass is 9.99. The molecule has 1 saturated heterocycles. The lowest BCUT2D eigenvalue weighted by Crippen LogP contribution is -2.39. The number of likely N-dealkylation sites (tertiary alicyclic amines) is 1. The van der Waals surface area contributed by atoms with E-state index in [9.17, 15) is 0 Å².